The molecule has 0 unspecified atom stereocenters. The summed E-state index contributed by atoms with van der Waals surface area (Å²) in [7, 11) is 1.63. The Hall–Kier alpha value is -2.95. The van der Waals surface area contributed by atoms with Crippen molar-refractivity contribution in [2.75, 3.05) is 12.4 Å². The Bertz CT molecular complexity index is 935. The number of nitrogens with one attached hydrogen (secondary N) is 1. The molecule has 2 aromatic carbocycles. The minimum absolute atomic E-state index is 0.179. The molecule has 0 bridgehead atoms. The molecular formula is C19H19N3O2. The first-order valence-corrected chi connectivity index (χ1v) is 7.69. The first-order chi connectivity index (χ1) is 11.5. The molecule has 0 radical (unpaired) electrons. The Morgan fingerprint density at radius 3 is 2.33 bits per heavy atom. The van der Waals surface area contributed by atoms with Crippen molar-refractivity contribution < 1.29 is 9.53 Å². The Labute approximate surface area is 140 Å². The number of aryl methyl sites for hydroxylation is 3. The summed E-state index contributed by atoms with van der Waals surface area (Å²) in [6.45, 7) is 5.77. The molecule has 0 saturated heterocycles. The van der Waals surface area contributed by atoms with Gasteiger partial charge >= 0.3 is 0 Å². The fourth-order valence-electron chi connectivity index (χ4n) is 2.53. The van der Waals surface area contributed by atoms with Gasteiger partial charge in [-0.05, 0) is 62.7 Å². The van der Waals surface area contributed by atoms with Crippen LogP contribution in [-0.4, -0.2) is 23.0 Å². The van der Waals surface area contributed by atoms with E-state index in [1.54, 1.807) is 19.2 Å². The maximum atomic E-state index is 12.5. The van der Waals surface area contributed by atoms with E-state index in [0.29, 0.717) is 5.56 Å². The molecule has 0 atom stereocenters. The maximum Gasteiger partial charge on any atom is 0.255 e. The van der Waals surface area contributed by atoms with Gasteiger partial charge in [0.15, 0.2) is 0 Å². The average molecular weight is 321 g/mol. The SMILES string of the molecule is COc1ccc(NC(=O)c2ccc3nc(C)c(C)nc3c2)cc1C. The summed E-state index contributed by atoms with van der Waals surface area (Å²) in [6, 6.07) is 10.9. The predicted octanol–water partition coefficient (Wildman–Crippen LogP) is 3.82. The number of hydrogen-bond acceptors (Lipinski definition) is 4. The Balaban J connectivity index is 1.88. The monoisotopic (exact) mass is 321 g/mol. The van der Waals surface area contributed by atoms with Crippen molar-refractivity contribution in [1.29, 1.82) is 0 Å². The van der Waals surface area contributed by atoms with Crippen LogP contribution in [0.4, 0.5) is 5.69 Å². The van der Waals surface area contributed by atoms with Gasteiger partial charge in [-0.25, -0.2) is 9.97 Å². The zero-order valence-corrected chi connectivity index (χ0v) is 14.2. The summed E-state index contributed by atoms with van der Waals surface area (Å²) < 4.78 is 5.23. The molecular weight excluding hydrogens is 302 g/mol. The summed E-state index contributed by atoms with van der Waals surface area (Å²) >= 11 is 0. The number of anilines is 1. The zero-order valence-electron chi connectivity index (χ0n) is 14.2. The highest BCUT2D eigenvalue weighted by atomic mass is 16.5. The number of carbonyl (C=O) groups is 1. The van der Waals surface area contributed by atoms with E-state index < -0.39 is 0 Å². The van der Waals surface area contributed by atoms with E-state index in [2.05, 4.69) is 15.3 Å². The lowest BCUT2D eigenvalue weighted by molar-refractivity contribution is 0.102. The van der Waals surface area contributed by atoms with Gasteiger partial charge in [-0.1, -0.05) is 0 Å². The highest BCUT2D eigenvalue weighted by Crippen LogP contribution is 2.22. The molecule has 1 N–H and O–H groups in total. The third-order valence-electron chi connectivity index (χ3n) is 3.99. The molecule has 5 heteroatoms. The largest absolute Gasteiger partial charge is 0.496 e. The number of fused-ring (bicyclic) bond motifs is 1. The third kappa shape index (κ3) is 3.06. The second-order valence-electron chi connectivity index (χ2n) is 5.74. The summed E-state index contributed by atoms with van der Waals surface area (Å²) in [6.07, 6.45) is 0. The molecule has 1 amide bonds. The highest BCUT2D eigenvalue weighted by molar-refractivity contribution is 6.05. The van der Waals surface area contributed by atoms with Gasteiger partial charge in [0.25, 0.3) is 5.91 Å². The summed E-state index contributed by atoms with van der Waals surface area (Å²) in [4.78, 5) is 21.5. The lowest BCUT2D eigenvalue weighted by atomic mass is 10.1. The lowest BCUT2D eigenvalue weighted by Crippen LogP contribution is -2.12. The van der Waals surface area contributed by atoms with Crippen molar-refractivity contribution >= 4 is 22.6 Å². The van der Waals surface area contributed by atoms with Gasteiger partial charge < -0.3 is 10.1 Å². The molecule has 0 spiro atoms. The topological polar surface area (TPSA) is 64.1 Å². The minimum Gasteiger partial charge on any atom is -0.496 e. The predicted molar refractivity (Wildman–Crippen MR) is 94.7 cm³/mol. The van der Waals surface area contributed by atoms with Crippen molar-refractivity contribution in [1.82, 2.24) is 9.97 Å². The van der Waals surface area contributed by atoms with Crippen molar-refractivity contribution in [2.24, 2.45) is 0 Å². The fraction of sp³-hybridized carbons (Fsp3) is 0.211. The number of rotatable bonds is 3. The first-order valence-electron chi connectivity index (χ1n) is 7.69. The summed E-state index contributed by atoms with van der Waals surface area (Å²) in [5, 5.41) is 2.90. The molecule has 0 saturated carbocycles. The Morgan fingerprint density at radius 2 is 1.67 bits per heavy atom. The highest BCUT2D eigenvalue weighted by Gasteiger charge is 2.10. The number of amides is 1. The van der Waals surface area contributed by atoms with Crippen LogP contribution in [0.5, 0.6) is 5.75 Å². The number of carbonyl (C=O) groups excluding carboxylic acids is 1. The van der Waals surface area contributed by atoms with E-state index in [1.165, 1.54) is 0 Å². The number of nitrogens with zero attached hydrogens (tertiary/aromatic N) is 2. The molecule has 5 nitrogen and oxygen atoms in total. The van der Waals surface area contributed by atoms with Gasteiger partial charge in [-0.3, -0.25) is 4.79 Å². The quantitative estimate of drug-likeness (QED) is 0.796. The molecule has 1 aromatic heterocycles. The van der Waals surface area contributed by atoms with Crippen molar-refractivity contribution in [3.8, 4) is 5.75 Å². The molecule has 3 aromatic rings. The van der Waals surface area contributed by atoms with E-state index in [-0.39, 0.29) is 5.91 Å². The fourth-order valence-corrected chi connectivity index (χ4v) is 2.53. The van der Waals surface area contributed by atoms with Gasteiger partial charge in [-0.15, -0.1) is 0 Å². The van der Waals surface area contributed by atoms with Crippen LogP contribution in [0.25, 0.3) is 11.0 Å². The second kappa shape index (κ2) is 6.28. The number of aromatic nitrogens is 2. The van der Waals surface area contributed by atoms with Crippen LogP contribution in [0.3, 0.4) is 0 Å². The van der Waals surface area contributed by atoms with Crippen LogP contribution in [0.15, 0.2) is 36.4 Å². The van der Waals surface area contributed by atoms with Crippen molar-refractivity contribution in [2.45, 2.75) is 20.8 Å². The van der Waals surface area contributed by atoms with E-state index in [4.69, 9.17) is 4.74 Å². The van der Waals surface area contributed by atoms with Crippen LogP contribution in [0.1, 0.15) is 27.3 Å². The molecule has 1 heterocycles. The molecule has 24 heavy (non-hydrogen) atoms. The molecule has 0 aliphatic rings. The molecule has 0 aliphatic heterocycles. The zero-order chi connectivity index (χ0) is 17.3. The molecule has 122 valence electrons. The Morgan fingerprint density at radius 1 is 0.958 bits per heavy atom. The number of hydrogen-bond donors (Lipinski definition) is 1. The number of benzene rings is 2. The van der Waals surface area contributed by atoms with Crippen LogP contribution in [-0.2, 0) is 0 Å². The molecule has 0 aliphatic carbocycles. The van der Waals surface area contributed by atoms with Crippen molar-refractivity contribution in [3.05, 3.63) is 58.9 Å². The maximum absolute atomic E-state index is 12.5. The summed E-state index contributed by atoms with van der Waals surface area (Å²) in [5.74, 6) is 0.612. The van der Waals surface area contributed by atoms with Gasteiger partial charge in [-0.2, -0.15) is 0 Å². The van der Waals surface area contributed by atoms with E-state index in [0.717, 1.165) is 39.4 Å². The average Bonchev–Trinajstić information content (AvgIpc) is 2.55. The first kappa shape index (κ1) is 15.9. The van der Waals surface area contributed by atoms with Gasteiger partial charge in [0, 0.05) is 11.3 Å². The molecule has 0 fully saturated rings. The second-order valence-corrected chi connectivity index (χ2v) is 5.74. The normalized spacial score (nSPS) is 10.7. The van der Waals surface area contributed by atoms with E-state index in [1.807, 2.05) is 45.0 Å². The van der Waals surface area contributed by atoms with Crippen LogP contribution in [0, 0.1) is 20.8 Å². The lowest BCUT2D eigenvalue weighted by Gasteiger charge is -2.09. The van der Waals surface area contributed by atoms with Crippen LogP contribution in [0.2, 0.25) is 0 Å². The van der Waals surface area contributed by atoms with Crippen LogP contribution >= 0.6 is 0 Å². The number of ether oxygens (including phenoxy) is 1. The van der Waals surface area contributed by atoms with Crippen LogP contribution < -0.4 is 10.1 Å². The number of methoxy groups -OCH3 is 1. The van der Waals surface area contributed by atoms with Gasteiger partial charge in [0.05, 0.1) is 29.5 Å². The van der Waals surface area contributed by atoms with Gasteiger partial charge in [0.2, 0.25) is 0 Å². The minimum atomic E-state index is -0.179. The molecule has 3 rings (SSSR count). The van der Waals surface area contributed by atoms with Gasteiger partial charge in [0.1, 0.15) is 5.75 Å². The van der Waals surface area contributed by atoms with Crippen molar-refractivity contribution in [3.63, 3.8) is 0 Å². The smallest absolute Gasteiger partial charge is 0.255 e. The standard InChI is InChI=1S/C19H19N3O2/c1-11-9-15(6-8-18(11)24-4)22-19(23)14-5-7-16-17(10-14)21-13(3)12(2)20-16/h5-10H,1-4H3,(H,22,23). The third-order valence-corrected chi connectivity index (χ3v) is 3.99. The van der Waals surface area contributed by atoms with E-state index in [9.17, 15) is 4.79 Å². The summed E-state index contributed by atoms with van der Waals surface area (Å²) in [5.41, 5.74) is 5.51. The van der Waals surface area contributed by atoms with E-state index >= 15 is 0 Å². The Kier molecular flexibility index (Phi) is 4.16.